The van der Waals surface area contributed by atoms with Crippen LogP contribution in [0.5, 0.6) is 5.75 Å². The van der Waals surface area contributed by atoms with Crippen LogP contribution in [0.1, 0.15) is 53.0 Å². The molecule has 0 saturated carbocycles. The standard InChI is InChI=1S/C24H28F3N3O6S/c1-4-29(3)17-13-20(15(2)31)22(23(32)28-33)21(14-17)37(34,35)30-11-9-19(10-12-30)36-18-7-5-16(6-8-18)24(25,26)27/h5-8,13-14,19,33H,4,9-12H2,1-3H3,(H,28,32). The fourth-order valence-corrected chi connectivity index (χ4v) is 5.72. The Hall–Kier alpha value is -3.16. The lowest BCUT2D eigenvalue weighted by Crippen LogP contribution is -2.42. The maximum Gasteiger partial charge on any atom is 0.416 e. The number of hydroxylamine groups is 1. The van der Waals surface area contributed by atoms with Crippen molar-refractivity contribution < 1.29 is 41.1 Å². The van der Waals surface area contributed by atoms with Gasteiger partial charge in [-0.05, 0) is 63.1 Å². The van der Waals surface area contributed by atoms with Crippen LogP contribution in [-0.4, -0.2) is 62.4 Å². The van der Waals surface area contributed by atoms with E-state index >= 15 is 0 Å². The molecule has 9 nitrogen and oxygen atoms in total. The minimum atomic E-state index is -4.46. The molecule has 2 aromatic rings. The number of sulfonamides is 1. The maximum atomic E-state index is 13.6. The van der Waals surface area contributed by atoms with E-state index in [-0.39, 0.29) is 37.2 Å². The number of Topliss-reactive ketones (excluding diaryl/α,β-unsaturated/α-hetero) is 1. The molecule has 0 aliphatic carbocycles. The van der Waals surface area contributed by atoms with Crippen LogP contribution in [0.4, 0.5) is 18.9 Å². The van der Waals surface area contributed by atoms with Gasteiger partial charge in [-0.2, -0.15) is 17.5 Å². The number of nitrogens with zero attached hydrogens (tertiary/aromatic N) is 2. The molecule has 3 rings (SSSR count). The largest absolute Gasteiger partial charge is 0.490 e. The van der Waals surface area contributed by atoms with Crippen LogP contribution < -0.4 is 15.1 Å². The molecule has 0 spiro atoms. The van der Waals surface area contributed by atoms with E-state index in [1.165, 1.54) is 36.7 Å². The molecule has 0 atom stereocenters. The van der Waals surface area contributed by atoms with Gasteiger partial charge in [0.1, 0.15) is 11.9 Å². The molecule has 0 aromatic heterocycles. The highest BCUT2D eigenvalue weighted by Gasteiger charge is 2.36. The van der Waals surface area contributed by atoms with Crippen LogP contribution in [0.3, 0.4) is 0 Å². The summed E-state index contributed by atoms with van der Waals surface area (Å²) in [4.78, 5) is 26.1. The zero-order chi connectivity index (χ0) is 27.5. The zero-order valence-corrected chi connectivity index (χ0v) is 21.3. The van der Waals surface area contributed by atoms with Crippen LogP contribution in [0.25, 0.3) is 0 Å². The fourth-order valence-electron chi connectivity index (χ4n) is 4.02. The number of carbonyl (C=O) groups excluding carboxylic acids is 2. The van der Waals surface area contributed by atoms with E-state index in [0.717, 1.165) is 16.4 Å². The van der Waals surface area contributed by atoms with Crippen molar-refractivity contribution in [2.45, 2.75) is 43.9 Å². The minimum absolute atomic E-state index is 0.0110. The molecule has 37 heavy (non-hydrogen) atoms. The van der Waals surface area contributed by atoms with Crippen molar-refractivity contribution in [2.75, 3.05) is 31.6 Å². The molecule has 1 heterocycles. The number of alkyl halides is 3. The highest BCUT2D eigenvalue weighted by atomic mass is 32.2. The number of rotatable bonds is 8. The number of hydrogen-bond acceptors (Lipinski definition) is 7. The number of nitrogens with one attached hydrogen (secondary N) is 1. The van der Waals surface area contributed by atoms with Crippen LogP contribution >= 0.6 is 0 Å². The van der Waals surface area contributed by atoms with Crippen LogP contribution in [0.15, 0.2) is 41.3 Å². The Bertz CT molecular complexity index is 1260. The molecule has 1 aliphatic rings. The normalized spacial score (nSPS) is 15.3. The van der Waals surface area contributed by atoms with Gasteiger partial charge >= 0.3 is 6.18 Å². The summed E-state index contributed by atoms with van der Waals surface area (Å²) in [5, 5.41) is 9.25. The van der Waals surface area contributed by atoms with E-state index in [1.807, 2.05) is 6.92 Å². The molecular formula is C24H28F3N3O6S. The van der Waals surface area contributed by atoms with Crippen LogP contribution in [-0.2, 0) is 16.2 Å². The Kier molecular flexibility index (Phi) is 8.50. The minimum Gasteiger partial charge on any atom is -0.490 e. The van der Waals surface area contributed by atoms with Gasteiger partial charge in [-0.15, -0.1) is 0 Å². The summed E-state index contributed by atoms with van der Waals surface area (Å²) in [6, 6.07) is 6.95. The summed E-state index contributed by atoms with van der Waals surface area (Å²) in [6.07, 6.45) is -4.41. The van der Waals surface area contributed by atoms with Crippen LogP contribution in [0, 0.1) is 0 Å². The molecular weight excluding hydrogens is 515 g/mol. The van der Waals surface area contributed by atoms with Crippen LogP contribution in [0.2, 0.25) is 0 Å². The lowest BCUT2D eigenvalue weighted by molar-refractivity contribution is -0.137. The Balaban J connectivity index is 1.86. The molecule has 1 fully saturated rings. The topological polar surface area (TPSA) is 116 Å². The third-order valence-corrected chi connectivity index (χ3v) is 8.14. The lowest BCUT2D eigenvalue weighted by Gasteiger charge is -2.32. The Morgan fingerprint density at radius 3 is 2.24 bits per heavy atom. The van der Waals surface area contributed by atoms with Gasteiger partial charge in [0.15, 0.2) is 5.78 Å². The average molecular weight is 544 g/mol. The number of benzene rings is 2. The number of ether oxygens (including phenoxy) is 1. The molecule has 1 saturated heterocycles. The van der Waals surface area contributed by atoms with Crippen molar-refractivity contribution in [3.05, 3.63) is 53.1 Å². The SMILES string of the molecule is CCN(C)c1cc(C(C)=O)c(C(=O)NO)c(S(=O)(=O)N2CCC(Oc3ccc(C(F)(F)F)cc3)CC2)c1. The van der Waals surface area contributed by atoms with Crippen molar-refractivity contribution in [3.63, 3.8) is 0 Å². The van der Waals surface area contributed by atoms with E-state index in [1.54, 1.807) is 11.9 Å². The van der Waals surface area contributed by atoms with Gasteiger partial charge in [0.2, 0.25) is 10.0 Å². The lowest BCUT2D eigenvalue weighted by atomic mass is 10.0. The van der Waals surface area contributed by atoms with Gasteiger partial charge < -0.3 is 9.64 Å². The summed E-state index contributed by atoms with van der Waals surface area (Å²) >= 11 is 0. The van der Waals surface area contributed by atoms with Gasteiger partial charge in [-0.1, -0.05) is 0 Å². The maximum absolute atomic E-state index is 13.6. The first-order valence-corrected chi connectivity index (χ1v) is 12.9. The van der Waals surface area contributed by atoms with Gasteiger partial charge in [0.25, 0.3) is 5.91 Å². The summed E-state index contributed by atoms with van der Waals surface area (Å²) in [5.41, 5.74) is 0.425. The summed E-state index contributed by atoms with van der Waals surface area (Å²) in [6.45, 7) is 3.54. The smallest absolute Gasteiger partial charge is 0.416 e. The number of halogens is 3. The van der Waals surface area contributed by atoms with Crippen molar-refractivity contribution in [3.8, 4) is 5.75 Å². The van der Waals surface area contributed by atoms with E-state index < -0.39 is 50.0 Å². The fraction of sp³-hybridized carbons (Fsp3) is 0.417. The van der Waals surface area contributed by atoms with Crippen molar-refractivity contribution in [1.82, 2.24) is 9.79 Å². The molecule has 13 heteroatoms. The molecule has 0 radical (unpaired) electrons. The second-order valence-electron chi connectivity index (χ2n) is 8.62. The molecule has 1 aliphatic heterocycles. The molecule has 202 valence electrons. The van der Waals surface area contributed by atoms with E-state index in [4.69, 9.17) is 4.74 Å². The molecule has 1 amide bonds. The Morgan fingerprint density at radius 1 is 1.16 bits per heavy atom. The number of piperidine rings is 1. The molecule has 0 bridgehead atoms. The third kappa shape index (κ3) is 6.22. The average Bonchev–Trinajstić information content (AvgIpc) is 2.87. The first kappa shape index (κ1) is 28.4. The molecule has 2 aromatic carbocycles. The number of hydrogen-bond donors (Lipinski definition) is 2. The quantitative estimate of drug-likeness (QED) is 0.296. The van der Waals surface area contributed by atoms with Crippen molar-refractivity contribution >= 4 is 27.4 Å². The van der Waals surface area contributed by atoms with E-state index in [2.05, 4.69) is 0 Å². The first-order chi connectivity index (χ1) is 17.3. The Labute approximate surface area is 212 Å². The summed E-state index contributed by atoms with van der Waals surface area (Å²) < 4.78 is 72.5. The third-order valence-electron chi connectivity index (χ3n) is 6.21. The summed E-state index contributed by atoms with van der Waals surface area (Å²) in [5.74, 6) is -1.45. The monoisotopic (exact) mass is 543 g/mol. The van der Waals surface area contributed by atoms with Gasteiger partial charge in [-0.3, -0.25) is 14.8 Å². The number of anilines is 1. The molecule has 0 unspecified atom stereocenters. The number of ketones is 1. The van der Waals surface area contributed by atoms with Gasteiger partial charge in [0.05, 0.1) is 16.0 Å². The number of amides is 1. The molecule has 2 N–H and O–H groups in total. The second kappa shape index (κ2) is 11.1. The highest BCUT2D eigenvalue weighted by Crippen LogP contribution is 2.33. The van der Waals surface area contributed by atoms with Gasteiger partial charge in [0, 0.05) is 37.9 Å². The van der Waals surface area contributed by atoms with E-state index in [0.29, 0.717) is 12.2 Å². The predicted molar refractivity (Wildman–Crippen MR) is 128 cm³/mol. The predicted octanol–water partition coefficient (Wildman–Crippen LogP) is 3.72. The van der Waals surface area contributed by atoms with E-state index in [9.17, 15) is 36.4 Å². The van der Waals surface area contributed by atoms with Crippen molar-refractivity contribution in [1.29, 1.82) is 0 Å². The summed E-state index contributed by atoms with van der Waals surface area (Å²) in [7, 11) is -2.58. The van der Waals surface area contributed by atoms with Gasteiger partial charge in [-0.25, -0.2) is 13.9 Å². The zero-order valence-electron chi connectivity index (χ0n) is 20.5. The second-order valence-corrected chi connectivity index (χ2v) is 10.5. The number of carbonyl (C=O) groups is 2. The highest BCUT2D eigenvalue weighted by molar-refractivity contribution is 7.89. The first-order valence-electron chi connectivity index (χ1n) is 11.5. The van der Waals surface area contributed by atoms with Crippen molar-refractivity contribution in [2.24, 2.45) is 0 Å². The Morgan fingerprint density at radius 2 is 1.76 bits per heavy atom.